The van der Waals surface area contributed by atoms with Gasteiger partial charge in [-0.25, -0.2) is 4.79 Å². The molecule has 1 heterocycles. The number of aliphatic hydroxyl groups is 1. The predicted molar refractivity (Wildman–Crippen MR) is 83.6 cm³/mol. The first-order valence-electron chi connectivity index (χ1n) is 6.64. The van der Waals surface area contributed by atoms with E-state index in [1.807, 2.05) is 4.98 Å². The molecule has 2 rings (SSSR count). The first-order chi connectivity index (χ1) is 11.6. The third kappa shape index (κ3) is 2.91. The number of nitrogens with one attached hydrogen (secondary N) is 1. The molecule has 0 aliphatic rings. The van der Waals surface area contributed by atoms with Gasteiger partial charge in [-0.3, -0.25) is 14.3 Å². The van der Waals surface area contributed by atoms with Gasteiger partial charge in [0.05, 0.1) is 7.11 Å². The van der Waals surface area contributed by atoms with Crippen LogP contribution < -0.4 is 11.3 Å². The summed E-state index contributed by atoms with van der Waals surface area (Å²) in [7, 11) is 0.635. The van der Waals surface area contributed by atoms with Crippen LogP contribution >= 0.6 is 12.2 Å². The van der Waals surface area contributed by atoms with E-state index in [0.717, 1.165) is 4.57 Å². The number of halogens is 3. The summed E-state index contributed by atoms with van der Waals surface area (Å²) >= 11 is 4.93. The highest BCUT2D eigenvalue weighted by Gasteiger charge is 2.64. The number of hydrogen-bond acceptors (Lipinski definition) is 6. The van der Waals surface area contributed by atoms with Crippen molar-refractivity contribution in [2.45, 2.75) is 11.8 Å². The van der Waals surface area contributed by atoms with Crippen molar-refractivity contribution in [1.29, 1.82) is 0 Å². The number of para-hydroxylation sites is 1. The predicted octanol–water partition coefficient (Wildman–Crippen LogP) is 1.40. The van der Waals surface area contributed by atoms with Crippen molar-refractivity contribution in [2.24, 2.45) is 0 Å². The van der Waals surface area contributed by atoms with Crippen LogP contribution in [0.3, 0.4) is 0 Å². The molecule has 1 aromatic carbocycles. The maximum absolute atomic E-state index is 13.4. The lowest BCUT2D eigenvalue weighted by molar-refractivity contribution is -0.267. The van der Waals surface area contributed by atoms with E-state index < -0.39 is 34.7 Å². The molecule has 0 aliphatic carbocycles. The fraction of sp³-hybridized carbons (Fsp3) is 0.214. The first-order valence-corrected chi connectivity index (χ1v) is 7.04. The highest BCUT2D eigenvalue weighted by Crippen LogP contribution is 2.40. The van der Waals surface area contributed by atoms with Gasteiger partial charge in [-0.15, -0.1) is 0 Å². The van der Waals surface area contributed by atoms with E-state index in [9.17, 15) is 27.9 Å². The lowest BCUT2D eigenvalue weighted by Crippen LogP contribution is -2.53. The molecule has 0 amide bonds. The van der Waals surface area contributed by atoms with Crippen molar-refractivity contribution < 1.29 is 27.8 Å². The van der Waals surface area contributed by atoms with Gasteiger partial charge < -0.3 is 15.6 Å². The summed E-state index contributed by atoms with van der Waals surface area (Å²) in [5, 5.41) is 10.1. The van der Waals surface area contributed by atoms with Gasteiger partial charge in [0.15, 0.2) is 4.77 Å². The molecule has 0 bridgehead atoms. The molecular formula is C14H12F3N3O4S. The molecule has 0 saturated heterocycles. The number of nitrogens with two attached hydrogens (primary N) is 1. The van der Waals surface area contributed by atoms with E-state index in [1.165, 1.54) is 12.1 Å². The third-order valence-corrected chi connectivity index (χ3v) is 3.70. The number of methoxy groups -OCH3 is 1. The topological polar surface area (TPSA) is 110 Å². The van der Waals surface area contributed by atoms with Crippen molar-refractivity contribution in [3.8, 4) is 5.69 Å². The van der Waals surface area contributed by atoms with E-state index >= 15 is 0 Å². The normalized spacial score (nSPS) is 14.0. The second-order valence-corrected chi connectivity index (χ2v) is 5.28. The minimum Gasteiger partial charge on any atom is -0.466 e. The standard InChI is InChI=1S/C14H12F3N3O4S/c1-24-11(22)13(23,14(15,16)17)8-9(18)20(12(25)19-10(8)21)7-5-3-2-4-6-7/h2-6,23H,18H2,1H3,(H,19,21,25)/t13-/m1/s1. The Morgan fingerprint density at radius 3 is 2.36 bits per heavy atom. The van der Waals surface area contributed by atoms with Crippen molar-refractivity contribution in [3.63, 3.8) is 0 Å². The van der Waals surface area contributed by atoms with E-state index in [2.05, 4.69) is 4.74 Å². The Labute approximate surface area is 143 Å². The van der Waals surface area contributed by atoms with Crippen LogP contribution in [0.4, 0.5) is 19.0 Å². The molecule has 1 aromatic heterocycles. The van der Waals surface area contributed by atoms with Crippen LogP contribution in [0.2, 0.25) is 0 Å². The Bertz CT molecular complexity index is 924. The van der Waals surface area contributed by atoms with Crippen LogP contribution in [0, 0.1) is 4.77 Å². The number of alkyl halides is 3. The number of aromatic nitrogens is 2. The van der Waals surface area contributed by atoms with Crippen LogP contribution in [-0.2, 0) is 15.1 Å². The van der Waals surface area contributed by atoms with Crippen LogP contribution in [0.25, 0.3) is 5.69 Å². The van der Waals surface area contributed by atoms with Crippen molar-refractivity contribution in [1.82, 2.24) is 9.55 Å². The number of esters is 1. The molecule has 25 heavy (non-hydrogen) atoms. The zero-order valence-corrected chi connectivity index (χ0v) is 13.4. The SMILES string of the molecule is COC(=O)[C@](O)(c1c(N)n(-c2ccccc2)c(=S)[nH]c1=O)C(F)(F)F. The number of hydrogen-bond donors (Lipinski definition) is 3. The molecule has 0 unspecified atom stereocenters. The fourth-order valence-corrected chi connectivity index (χ4v) is 2.54. The maximum atomic E-state index is 13.4. The number of nitrogens with zero attached hydrogens (tertiary/aromatic N) is 1. The van der Waals surface area contributed by atoms with Gasteiger partial charge in [-0.2, -0.15) is 13.2 Å². The van der Waals surface area contributed by atoms with Crippen LogP contribution in [0.15, 0.2) is 35.1 Å². The number of ether oxygens (including phenoxy) is 1. The summed E-state index contributed by atoms with van der Waals surface area (Å²) in [6.45, 7) is 0. The molecule has 134 valence electrons. The smallest absolute Gasteiger partial charge is 0.432 e. The zero-order chi connectivity index (χ0) is 19.0. The molecule has 1 atom stereocenters. The van der Waals surface area contributed by atoms with Gasteiger partial charge in [0, 0.05) is 5.69 Å². The van der Waals surface area contributed by atoms with E-state index in [-0.39, 0.29) is 10.5 Å². The molecule has 0 spiro atoms. The largest absolute Gasteiger partial charge is 0.466 e. The van der Waals surface area contributed by atoms with E-state index in [0.29, 0.717) is 7.11 Å². The number of H-pyrrole nitrogens is 1. The van der Waals surface area contributed by atoms with Crippen LogP contribution in [-0.4, -0.2) is 33.9 Å². The van der Waals surface area contributed by atoms with Gasteiger partial charge in [0.1, 0.15) is 11.4 Å². The number of benzene rings is 1. The van der Waals surface area contributed by atoms with Crippen molar-refractivity contribution in [2.75, 3.05) is 12.8 Å². The fourth-order valence-electron chi connectivity index (χ4n) is 2.24. The molecule has 11 heteroatoms. The second-order valence-electron chi connectivity index (χ2n) is 4.89. The Morgan fingerprint density at radius 1 is 1.32 bits per heavy atom. The van der Waals surface area contributed by atoms with Crippen molar-refractivity contribution in [3.05, 3.63) is 51.0 Å². The Kier molecular flexibility index (Phi) is 4.73. The highest BCUT2D eigenvalue weighted by atomic mass is 32.1. The monoisotopic (exact) mass is 375 g/mol. The average molecular weight is 375 g/mol. The van der Waals surface area contributed by atoms with Gasteiger partial charge in [-0.1, -0.05) is 18.2 Å². The van der Waals surface area contributed by atoms with Gasteiger partial charge in [0.2, 0.25) is 0 Å². The molecule has 0 saturated carbocycles. The molecule has 4 N–H and O–H groups in total. The Morgan fingerprint density at radius 2 is 1.88 bits per heavy atom. The van der Waals surface area contributed by atoms with Crippen LogP contribution in [0.5, 0.6) is 0 Å². The summed E-state index contributed by atoms with van der Waals surface area (Å²) in [6.07, 6.45) is -5.57. The summed E-state index contributed by atoms with van der Waals surface area (Å²) in [6, 6.07) is 7.66. The Hall–Kier alpha value is -2.66. The summed E-state index contributed by atoms with van der Waals surface area (Å²) in [5.74, 6) is -2.95. The Balaban J connectivity index is 2.94. The molecule has 0 fully saturated rings. The van der Waals surface area contributed by atoms with Gasteiger partial charge >= 0.3 is 12.1 Å². The van der Waals surface area contributed by atoms with Gasteiger partial charge in [-0.05, 0) is 24.4 Å². The maximum Gasteiger partial charge on any atom is 0.432 e. The second kappa shape index (κ2) is 6.33. The summed E-state index contributed by atoms with van der Waals surface area (Å²) < 4.78 is 44.9. The third-order valence-electron chi connectivity index (χ3n) is 3.41. The minimum absolute atomic E-state index is 0.219. The molecule has 0 radical (unpaired) electrons. The average Bonchev–Trinajstić information content (AvgIpc) is 2.53. The number of carbonyl (C=O) groups is 1. The molecule has 2 aromatic rings. The van der Waals surface area contributed by atoms with Gasteiger partial charge in [0.25, 0.3) is 11.2 Å². The number of aromatic amines is 1. The highest BCUT2D eigenvalue weighted by molar-refractivity contribution is 7.71. The first kappa shape index (κ1) is 18.7. The number of rotatable bonds is 3. The summed E-state index contributed by atoms with van der Waals surface area (Å²) in [4.78, 5) is 25.7. The minimum atomic E-state index is -5.57. The lowest BCUT2D eigenvalue weighted by Gasteiger charge is -2.28. The molecule has 0 aliphatic heterocycles. The zero-order valence-electron chi connectivity index (χ0n) is 12.6. The number of nitrogen functional groups attached to an aromatic ring is 1. The molecule has 7 nitrogen and oxygen atoms in total. The van der Waals surface area contributed by atoms with E-state index in [1.54, 1.807) is 18.2 Å². The molecular weight excluding hydrogens is 363 g/mol. The number of carbonyl (C=O) groups excluding carboxylic acids is 1. The quantitative estimate of drug-likeness (QED) is 0.553. The van der Waals surface area contributed by atoms with E-state index in [4.69, 9.17) is 18.0 Å². The number of anilines is 1. The van der Waals surface area contributed by atoms with Crippen LogP contribution in [0.1, 0.15) is 5.56 Å². The lowest BCUT2D eigenvalue weighted by atomic mass is 9.94. The summed E-state index contributed by atoms with van der Waals surface area (Å²) in [5.41, 5.74) is -1.23. The van der Waals surface area contributed by atoms with Crippen molar-refractivity contribution >= 4 is 24.0 Å².